The van der Waals surface area contributed by atoms with E-state index in [0.29, 0.717) is 0 Å². The Hall–Kier alpha value is -6.16. The Morgan fingerprint density at radius 3 is 2.38 bits per heavy atom. The maximum absolute atomic E-state index is 2.52. The van der Waals surface area contributed by atoms with Crippen molar-refractivity contribution < 1.29 is 0 Å². The molecule has 0 amide bonds. The van der Waals surface area contributed by atoms with Gasteiger partial charge >= 0.3 is 0 Å². The molecular weight excluding hydrogens is 661 g/mol. The zero-order valence-electron chi connectivity index (χ0n) is 29.7. The summed E-state index contributed by atoms with van der Waals surface area (Å²) in [6.45, 7) is 4.37. The van der Waals surface area contributed by atoms with E-state index in [9.17, 15) is 0 Å². The molecule has 0 unspecified atom stereocenters. The first kappa shape index (κ1) is 30.5. The summed E-state index contributed by atoms with van der Waals surface area (Å²) < 4.78 is 5.02. The molecule has 2 nitrogen and oxygen atoms in total. The Bertz CT molecular complexity index is 3030. The zero-order valence-corrected chi connectivity index (χ0v) is 30.5. The van der Waals surface area contributed by atoms with Crippen LogP contribution < -0.4 is 4.90 Å². The highest BCUT2D eigenvalue weighted by molar-refractivity contribution is 7.25. The van der Waals surface area contributed by atoms with Gasteiger partial charge in [-0.25, -0.2) is 0 Å². The summed E-state index contributed by atoms with van der Waals surface area (Å²) in [4.78, 5) is 2.52. The number of anilines is 3. The van der Waals surface area contributed by atoms with Gasteiger partial charge in [-0.1, -0.05) is 91.0 Å². The number of hydrogen-bond acceptors (Lipinski definition) is 2. The van der Waals surface area contributed by atoms with Gasteiger partial charge in [0.25, 0.3) is 0 Å². The van der Waals surface area contributed by atoms with Crippen molar-refractivity contribution in [3.05, 3.63) is 168 Å². The average molecular weight is 697 g/mol. The first-order valence-corrected chi connectivity index (χ1v) is 19.4. The lowest BCUT2D eigenvalue weighted by Gasteiger charge is -2.28. The molecule has 9 aromatic rings. The molecular formula is C50H36N2S. The molecule has 0 N–H and O–H groups in total. The molecule has 2 heterocycles. The molecule has 0 aliphatic heterocycles. The summed E-state index contributed by atoms with van der Waals surface area (Å²) in [6, 6.07) is 49.9. The smallest absolute Gasteiger partial charge is 0.0546 e. The number of hydrogen-bond donors (Lipinski definition) is 0. The number of fused-ring (bicyclic) bond motifs is 9. The van der Waals surface area contributed by atoms with Crippen molar-refractivity contribution in [1.82, 2.24) is 4.57 Å². The zero-order chi connectivity index (χ0) is 35.2. The van der Waals surface area contributed by atoms with Crippen LogP contribution >= 0.6 is 11.3 Å². The molecule has 53 heavy (non-hydrogen) atoms. The lowest BCUT2D eigenvalue weighted by Crippen LogP contribution is -2.11. The summed E-state index contributed by atoms with van der Waals surface area (Å²) in [5.41, 5.74) is 16.7. The normalized spacial score (nSPS) is 13.2. The number of para-hydroxylation sites is 1. The number of thiophene rings is 1. The van der Waals surface area contributed by atoms with E-state index in [2.05, 4.69) is 181 Å². The Labute approximate surface area is 313 Å². The van der Waals surface area contributed by atoms with E-state index < -0.39 is 0 Å². The molecule has 0 fully saturated rings. The van der Waals surface area contributed by atoms with Crippen molar-refractivity contribution in [2.75, 3.05) is 4.90 Å². The Morgan fingerprint density at radius 2 is 1.47 bits per heavy atom. The summed E-state index contributed by atoms with van der Waals surface area (Å²) in [7, 11) is 0. The largest absolute Gasteiger partial charge is 0.310 e. The van der Waals surface area contributed by atoms with Gasteiger partial charge in [-0.2, -0.15) is 0 Å². The average Bonchev–Trinajstić information content (AvgIpc) is 3.84. The molecule has 0 saturated carbocycles. The van der Waals surface area contributed by atoms with Crippen molar-refractivity contribution >= 4 is 82.4 Å². The van der Waals surface area contributed by atoms with Crippen LogP contribution in [0.5, 0.6) is 0 Å². The van der Waals surface area contributed by atoms with E-state index in [1.807, 2.05) is 11.3 Å². The van der Waals surface area contributed by atoms with Crippen LogP contribution in [0.1, 0.15) is 35.7 Å². The van der Waals surface area contributed by atoms with Gasteiger partial charge in [-0.3, -0.25) is 0 Å². The Morgan fingerprint density at radius 1 is 0.679 bits per heavy atom. The predicted octanol–water partition coefficient (Wildman–Crippen LogP) is 14.6. The molecule has 0 atom stereocenters. The highest BCUT2D eigenvalue weighted by atomic mass is 32.1. The Balaban J connectivity index is 1.20. The summed E-state index contributed by atoms with van der Waals surface area (Å²) in [5, 5.41) is 6.60. The molecule has 0 radical (unpaired) electrons. The third-order valence-electron chi connectivity index (χ3n) is 11.5. The van der Waals surface area contributed by atoms with E-state index in [1.54, 1.807) is 0 Å². The topological polar surface area (TPSA) is 8.17 Å². The van der Waals surface area contributed by atoms with Crippen LogP contribution in [0.2, 0.25) is 0 Å². The van der Waals surface area contributed by atoms with Crippen LogP contribution in [0, 0.1) is 6.92 Å². The molecule has 0 bridgehead atoms. The van der Waals surface area contributed by atoms with Crippen LogP contribution in [-0.2, 0) is 6.42 Å². The van der Waals surface area contributed by atoms with Gasteiger partial charge in [0, 0.05) is 53.9 Å². The second-order valence-corrected chi connectivity index (χ2v) is 15.4. The fourth-order valence-corrected chi connectivity index (χ4v) is 10.3. The predicted molar refractivity (Wildman–Crippen MR) is 230 cm³/mol. The second kappa shape index (κ2) is 11.7. The van der Waals surface area contributed by atoms with Crippen LogP contribution in [0.25, 0.3) is 81.9 Å². The highest BCUT2D eigenvalue weighted by Gasteiger charge is 2.30. The van der Waals surface area contributed by atoms with Gasteiger partial charge in [0.05, 0.1) is 11.2 Å². The summed E-state index contributed by atoms with van der Waals surface area (Å²) >= 11 is 1.88. The van der Waals surface area contributed by atoms with E-state index >= 15 is 0 Å². The minimum absolute atomic E-state index is 1.07. The minimum Gasteiger partial charge on any atom is -0.310 e. The third kappa shape index (κ3) is 4.44. The standard InChI is InChI=1S/C50H36N2S/c1-3-13-43-31(2)42-29-35(25-27-44(42)52(43)34-16-5-4-6-17-34)51(36-24-26-39-38-19-9-10-23-46(38)53-47(39)30-36)45-22-12-21-41-49(45)40-20-11-15-33-28-32-14-7-8-18-37(32)50(41)48(33)40/h3-7,9-17,19-30H,8,18H2,1-2H3/b13-3-. The number of nitrogens with zero attached hydrogens (tertiary/aromatic N) is 2. The van der Waals surface area contributed by atoms with Gasteiger partial charge in [0.15, 0.2) is 0 Å². The second-order valence-electron chi connectivity index (χ2n) is 14.4. The van der Waals surface area contributed by atoms with Crippen LogP contribution in [0.15, 0.2) is 146 Å². The van der Waals surface area contributed by atoms with Crippen molar-refractivity contribution in [2.24, 2.45) is 0 Å². The SMILES string of the molecule is C/C=C\c1c(C)c2cc(N(c3ccc4c(c3)sc3ccccc34)c3cccc4c3-c3cccc5cc6c(c-4c35)CCC=C6)ccc2n1-c1ccccc1. The molecule has 252 valence electrons. The number of benzene rings is 7. The van der Waals surface area contributed by atoms with Crippen LogP contribution in [-0.4, -0.2) is 4.57 Å². The van der Waals surface area contributed by atoms with Crippen molar-refractivity contribution in [2.45, 2.75) is 26.7 Å². The maximum atomic E-state index is 2.52. The molecule has 2 aliphatic rings. The van der Waals surface area contributed by atoms with Crippen LogP contribution in [0.3, 0.4) is 0 Å². The lowest BCUT2D eigenvalue weighted by molar-refractivity contribution is 0.991. The molecule has 7 aromatic carbocycles. The van der Waals surface area contributed by atoms with Gasteiger partial charge in [-0.15, -0.1) is 11.3 Å². The maximum Gasteiger partial charge on any atom is 0.0546 e. The van der Waals surface area contributed by atoms with Crippen LogP contribution in [0.4, 0.5) is 17.1 Å². The number of allylic oxidation sites excluding steroid dienone is 2. The van der Waals surface area contributed by atoms with Gasteiger partial charge < -0.3 is 9.47 Å². The van der Waals surface area contributed by atoms with Crippen molar-refractivity contribution in [1.29, 1.82) is 0 Å². The van der Waals surface area contributed by atoms with E-state index in [0.717, 1.165) is 18.5 Å². The fourth-order valence-electron chi connectivity index (χ4n) is 9.19. The first-order valence-electron chi connectivity index (χ1n) is 18.6. The minimum atomic E-state index is 1.07. The first-order chi connectivity index (χ1) is 26.2. The van der Waals surface area contributed by atoms with E-state index in [4.69, 9.17) is 0 Å². The van der Waals surface area contributed by atoms with Gasteiger partial charge in [0.2, 0.25) is 0 Å². The monoisotopic (exact) mass is 696 g/mol. The molecule has 3 heteroatoms. The lowest BCUT2D eigenvalue weighted by atomic mass is 9.87. The summed E-state index contributed by atoms with van der Waals surface area (Å²) in [6.07, 6.45) is 11.2. The molecule has 2 aromatic heterocycles. The third-order valence-corrected chi connectivity index (χ3v) is 12.6. The fraction of sp³-hybridized carbons (Fsp3) is 0.0800. The van der Waals surface area contributed by atoms with E-state index in [-0.39, 0.29) is 0 Å². The number of rotatable bonds is 5. The number of aromatic nitrogens is 1. The quantitative estimate of drug-likeness (QED) is 0.174. The molecule has 11 rings (SSSR count). The van der Waals surface area contributed by atoms with Crippen molar-refractivity contribution in [3.63, 3.8) is 0 Å². The number of aryl methyl sites for hydroxylation is 1. The van der Waals surface area contributed by atoms with Gasteiger partial charge in [0.1, 0.15) is 0 Å². The molecule has 0 saturated heterocycles. The highest BCUT2D eigenvalue weighted by Crippen LogP contribution is 2.56. The van der Waals surface area contributed by atoms with Crippen molar-refractivity contribution in [3.8, 4) is 27.9 Å². The molecule has 0 spiro atoms. The molecule has 2 aliphatic carbocycles. The van der Waals surface area contributed by atoms with E-state index in [1.165, 1.54) is 104 Å². The van der Waals surface area contributed by atoms with Gasteiger partial charge in [-0.05, 0) is 138 Å². The Kier molecular flexibility index (Phi) is 6.71. The summed E-state index contributed by atoms with van der Waals surface area (Å²) in [5.74, 6) is 0.